The number of nitrogens with zero attached hydrogens (tertiary/aromatic N) is 1. The molecule has 3 nitrogen and oxygen atoms in total. The van der Waals surface area contributed by atoms with Gasteiger partial charge in [-0.2, -0.15) is 0 Å². The third-order valence-corrected chi connectivity index (χ3v) is 11.1. The lowest BCUT2D eigenvalue weighted by molar-refractivity contribution is 0.279. The van der Waals surface area contributed by atoms with Gasteiger partial charge >= 0.3 is 0 Å². The summed E-state index contributed by atoms with van der Waals surface area (Å²) < 4.78 is 2.73. The first-order chi connectivity index (χ1) is 12.2. The average Bonchev–Trinajstić information content (AvgIpc) is 3.02. The lowest BCUT2D eigenvalue weighted by Gasteiger charge is -2.47. The van der Waals surface area contributed by atoms with Gasteiger partial charge in [-0.1, -0.05) is 67.7 Å². The normalized spacial score (nSPS) is 32.7. The monoisotopic (exact) mass is 353 g/mol. The van der Waals surface area contributed by atoms with Crippen molar-refractivity contribution in [3.63, 3.8) is 0 Å². The number of hydrogen-bond donors (Lipinski definition) is 2. The summed E-state index contributed by atoms with van der Waals surface area (Å²) in [6, 6.07) is 11.1. The number of allylic oxidation sites excluding steroid dienone is 4. The Hall–Kier alpha value is -1.20. The van der Waals surface area contributed by atoms with E-state index in [4.69, 9.17) is 0 Å². The van der Waals surface area contributed by atoms with E-state index in [2.05, 4.69) is 82.9 Å². The summed E-state index contributed by atoms with van der Waals surface area (Å²) in [4.78, 5) is 0. The van der Waals surface area contributed by atoms with Gasteiger partial charge in [-0.25, -0.2) is 0 Å². The SMILES string of the molecule is C[Si](C)(C1C(Cc2ccccc2)CC2C=CC=CC21)N1CNCNC1. The Bertz CT molecular complexity index is 634. The maximum atomic E-state index is 3.52. The molecule has 1 aromatic rings. The maximum Gasteiger partial charge on any atom is 0.129 e. The van der Waals surface area contributed by atoms with Crippen LogP contribution < -0.4 is 10.6 Å². The van der Waals surface area contributed by atoms with E-state index in [0.29, 0.717) is 0 Å². The molecule has 3 aliphatic rings. The van der Waals surface area contributed by atoms with Crippen molar-refractivity contribution in [3.8, 4) is 0 Å². The van der Waals surface area contributed by atoms with Crippen LogP contribution in [0.1, 0.15) is 12.0 Å². The van der Waals surface area contributed by atoms with Gasteiger partial charge in [0, 0.05) is 20.0 Å². The second-order valence-electron chi connectivity index (χ2n) is 8.41. The molecule has 0 amide bonds. The van der Waals surface area contributed by atoms with Crippen molar-refractivity contribution >= 4 is 8.24 Å². The van der Waals surface area contributed by atoms with E-state index in [1.54, 1.807) is 0 Å². The lowest BCUT2D eigenvalue weighted by Crippen LogP contribution is -2.63. The van der Waals surface area contributed by atoms with Gasteiger partial charge < -0.3 is 0 Å². The van der Waals surface area contributed by atoms with Gasteiger partial charge in [0.25, 0.3) is 0 Å². The van der Waals surface area contributed by atoms with Crippen molar-refractivity contribution in [2.24, 2.45) is 17.8 Å². The lowest BCUT2D eigenvalue weighted by atomic mass is 9.92. The van der Waals surface area contributed by atoms with Crippen molar-refractivity contribution in [1.82, 2.24) is 15.2 Å². The minimum Gasteiger partial charge on any atom is -0.299 e. The van der Waals surface area contributed by atoms with Crippen LogP contribution in [0.25, 0.3) is 0 Å². The fraction of sp³-hybridized carbons (Fsp3) is 0.524. The predicted octanol–water partition coefficient (Wildman–Crippen LogP) is 3.55. The highest BCUT2D eigenvalue weighted by atomic mass is 28.3. The van der Waals surface area contributed by atoms with Gasteiger partial charge in [0.2, 0.25) is 0 Å². The first-order valence-electron chi connectivity index (χ1n) is 9.71. The van der Waals surface area contributed by atoms with Crippen molar-refractivity contribution in [1.29, 1.82) is 0 Å². The minimum atomic E-state index is -1.57. The van der Waals surface area contributed by atoms with E-state index in [1.807, 2.05) is 0 Å². The zero-order valence-corrected chi connectivity index (χ0v) is 16.5. The summed E-state index contributed by atoms with van der Waals surface area (Å²) in [5.41, 5.74) is 2.31. The van der Waals surface area contributed by atoms with E-state index in [0.717, 1.165) is 43.3 Å². The first-order valence-corrected chi connectivity index (χ1v) is 12.7. The standard InChI is InChI=1S/C21H31N3Si/c1-25(2,24-15-22-14-23-16-24)21-19(12-17-8-4-3-5-9-17)13-18-10-6-7-11-20(18)21/h3-11,18-23H,12-16H2,1-2H3. The van der Waals surface area contributed by atoms with Gasteiger partial charge in [0.1, 0.15) is 8.24 Å². The second-order valence-corrected chi connectivity index (χ2v) is 13.0. The summed E-state index contributed by atoms with van der Waals surface area (Å²) in [5.74, 6) is 2.25. The van der Waals surface area contributed by atoms with Gasteiger partial charge in [-0.15, -0.1) is 0 Å². The summed E-state index contributed by atoms with van der Waals surface area (Å²) in [6.45, 7) is 8.21. The van der Waals surface area contributed by atoms with E-state index < -0.39 is 8.24 Å². The molecule has 134 valence electrons. The van der Waals surface area contributed by atoms with Crippen LogP contribution in [0.3, 0.4) is 0 Å². The summed E-state index contributed by atoms with van der Waals surface area (Å²) in [5, 5.41) is 7.04. The van der Waals surface area contributed by atoms with Crippen LogP contribution in [0.15, 0.2) is 54.6 Å². The Morgan fingerprint density at radius 1 is 1.04 bits per heavy atom. The molecule has 25 heavy (non-hydrogen) atoms. The topological polar surface area (TPSA) is 27.3 Å². The fourth-order valence-corrected chi connectivity index (χ4v) is 9.59. The summed E-state index contributed by atoms with van der Waals surface area (Å²) >= 11 is 0. The molecule has 4 heteroatoms. The molecule has 4 rings (SSSR count). The Morgan fingerprint density at radius 2 is 1.76 bits per heavy atom. The fourth-order valence-electron chi connectivity index (χ4n) is 5.42. The number of fused-ring (bicyclic) bond motifs is 1. The Morgan fingerprint density at radius 3 is 2.52 bits per heavy atom. The molecule has 4 unspecified atom stereocenters. The molecule has 0 spiro atoms. The molecule has 1 saturated heterocycles. The van der Waals surface area contributed by atoms with Crippen molar-refractivity contribution in [2.45, 2.75) is 31.5 Å². The van der Waals surface area contributed by atoms with E-state index in [1.165, 1.54) is 18.4 Å². The molecule has 0 bridgehead atoms. The van der Waals surface area contributed by atoms with Crippen LogP contribution in [0.5, 0.6) is 0 Å². The zero-order chi connectivity index (χ0) is 17.3. The molecule has 0 radical (unpaired) electrons. The van der Waals surface area contributed by atoms with Crippen LogP contribution >= 0.6 is 0 Å². The summed E-state index contributed by atoms with van der Waals surface area (Å²) in [6.07, 6.45) is 12.1. The molecule has 1 heterocycles. The van der Waals surface area contributed by atoms with Crippen molar-refractivity contribution < 1.29 is 0 Å². The van der Waals surface area contributed by atoms with Gasteiger partial charge in [-0.3, -0.25) is 15.2 Å². The molecular formula is C21H31N3Si. The van der Waals surface area contributed by atoms with Gasteiger partial charge in [0.15, 0.2) is 0 Å². The molecule has 2 fully saturated rings. The van der Waals surface area contributed by atoms with Crippen LogP contribution in [0, 0.1) is 17.8 Å². The van der Waals surface area contributed by atoms with E-state index >= 15 is 0 Å². The quantitative estimate of drug-likeness (QED) is 0.811. The molecule has 2 aliphatic carbocycles. The molecule has 2 N–H and O–H groups in total. The predicted molar refractivity (Wildman–Crippen MR) is 107 cm³/mol. The Labute approximate surface area is 153 Å². The number of rotatable bonds is 4. The van der Waals surface area contributed by atoms with Gasteiger partial charge in [0.05, 0.1) is 0 Å². The average molecular weight is 354 g/mol. The van der Waals surface area contributed by atoms with Crippen LogP contribution in [0.4, 0.5) is 0 Å². The van der Waals surface area contributed by atoms with Crippen molar-refractivity contribution in [3.05, 3.63) is 60.2 Å². The Balaban J connectivity index is 1.62. The number of benzene rings is 1. The highest BCUT2D eigenvalue weighted by molar-refractivity contribution is 6.76. The molecule has 1 aromatic carbocycles. The summed E-state index contributed by atoms with van der Waals surface area (Å²) in [7, 11) is -1.57. The first kappa shape index (κ1) is 17.2. The van der Waals surface area contributed by atoms with Crippen LogP contribution in [-0.4, -0.2) is 32.8 Å². The smallest absolute Gasteiger partial charge is 0.129 e. The molecule has 1 saturated carbocycles. The van der Waals surface area contributed by atoms with Crippen LogP contribution in [-0.2, 0) is 6.42 Å². The molecule has 0 aromatic heterocycles. The highest BCUT2D eigenvalue weighted by Crippen LogP contribution is 2.54. The Kier molecular flexibility index (Phi) is 4.96. The largest absolute Gasteiger partial charge is 0.299 e. The second kappa shape index (κ2) is 7.20. The number of nitrogens with one attached hydrogen (secondary N) is 2. The number of hydrogen-bond acceptors (Lipinski definition) is 3. The third-order valence-electron chi connectivity index (χ3n) is 6.62. The van der Waals surface area contributed by atoms with E-state index in [9.17, 15) is 0 Å². The van der Waals surface area contributed by atoms with Gasteiger partial charge in [-0.05, 0) is 41.7 Å². The van der Waals surface area contributed by atoms with Crippen LogP contribution in [0.2, 0.25) is 18.6 Å². The van der Waals surface area contributed by atoms with Crippen molar-refractivity contribution in [2.75, 3.05) is 20.0 Å². The molecular weight excluding hydrogens is 322 g/mol. The zero-order valence-electron chi connectivity index (χ0n) is 15.5. The maximum absolute atomic E-state index is 3.52. The van der Waals surface area contributed by atoms with E-state index in [-0.39, 0.29) is 0 Å². The minimum absolute atomic E-state index is 0.724. The third kappa shape index (κ3) is 3.41. The molecule has 1 aliphatic heterocycles. The molecule has 4 atom stereocenters. The highest BCUT2D eigenvalue weighted by Gasteiger charge is 2.51.